The molecule has 0 radical (unpaired) electrons. The van der Waals surface area contributed by atoms with Crippen LogP contribution in [-0.4, -0.2) is 10.8 Å². The van der Waals surface area contributed by atoms with E-state index in [0.29, 0.717) is 6.54 Å². The van der Waals surface area contributed by atoms with Gasteiger partial charge in [-0.25, -0.2) is 0 Å². The highest BCUT2D eigenvalue weighted by atomic mass is 32.2. The van der Waals surface area contributed by atoms with Crippen LogP contribution in [-0.2, 0) is 13.6 Å². The SMILES string of the molecule is CSc1ccc2cc(CN)n(C)c2c1. The van der Waals surface area contributed by atoms with Gasteiger partial charge in [-0.05, 0) is 29.8 Å². The molecule has 0 fully saturated rings. The Hall–Kier alpha value is -0.930. The molecule has 0 bridgehead atoms. The maximum atomic E-state index is 5.66. The van der Waals surface area contributed by atoms with E-state index in [-0.39, 0.29) is 0 Å². The second kappa shape index (κ2) is 3.67. The van der Waals surface area contributed by atoms with E-state index in [1.807, 2.05) is 0 Å². The maximum absolute atomic E-state index is 5.66. The normalized spacial score (nSPS) is 11.1. The summed E-state index contributed by atoms with van der Waals surface area (Å²) >= 11 is 1.76. The second-order valence-electron chi connectivity index (χ2n) is 3.32. The Morgan fingerprint density at radius 3 is 2.79 bits per heavy atom. The summed E-state index contributed by atoms with van der Waals surface area (Å²) in [7, 11) is 2.06. The molecule has 0 aliphatic heterocycles. The highest BCUT2D eigenvalue weighted by Gasteiger charge is 2.04. The fourth-order valence-corrected chi connectivity index (χ4v) is 2.12. The Morgan fingerprint density at radius 2 is 2.14 bits per heavy atom. The highest BCUT2D eigenvalue weighted by Crippen LogP contribution is 2.24. The Kier molecular flexibility index (Phi) is 2.52. The summed E-state index contributed by atoms with van der Waals surface area (Å²) in [5.41, 5.74) is 8.10. The van der Waals surface area contributed by atoms with Crippen molar-refractivity contribution in [3.8, 4) is 0 Å². The number of hydrogen-bond donors (Lipinski definition) is 1. The minimum atomic E-state index is 0.597. The molecule has 0 atom stereocenters. The molecule has 1 aromatic carbocycles. The Bertz CT molecular complexity index is 460. The Morgan fingerprint density at radius 1 is 1.36 bits per heavy atom. The van der Waals surface area contributed by atoms with Crippen molar-refractivity contribution in [2.45, 2.75) is 11.4 Å². The Labute approximate surface area is 88.1 Å². The minimum Gasteiger partial charge on any atom is -0.346 e. The lowest BCUT2D eigenvalue weighted by Crippen LogP contribution is -2.02. The fraction of sp³-hybridized carbons (Fsp3) is 0.273. The van der Waals surface area contributed by atoms with Crippen LogP contribution in [0, 0.1) is 0 Å². The van der Waals surface area contributed by atoms with E-state index in [4.69, 9.17) is 5.73 Å². The van der Waals surface area contributed by atoms with Gasteiger partial charge >= 0.3 is 0 Å². The molecule has 0 aliphatic rings. The largest absolute Gasteiger partial charge is 0.346 e. The van der Waals surface area contributed by atoms with Crippen LogP contribution in [0.3, 0.4) is 0 Å². The Balaban J connectivity index is 2.68. The van der Waals surface area contributed by atoms with Crippen LogP contribution < -0.4 is 5.73 Å². The van der Waals surface area contributed by atoms with E-state index in [0.717, 1.165) is 0 Å². The van der Waals surface area contributed by atoms with E-state index >= 15 is 0 Å². The average molecular weight is 206 g/mol. The number of nitrogens with two attached hydrogens (primary N) is 1. The third-order valence-corrected chi connectivity index (χ3v) is 3.29. The third kappa shape index (κ3) is 1.42. The summed E-state index contributed by atoms with van der Waals surface area (Å²) in [6, 6.07) is 8.66. The molecule has 0 amide bonds. The zero-order valence-corrected chi connectivity index (χ0v) is 9.27. The van der Waals surface area contributed by atoms with Crippen LogP contribution in [0.25, 0.3) is 10.9 Å². The van der Waals surface area contributed by atoms with Crippen LogP contribution in [0.1, 0.15) is 5.69 Å². The standard InChI is InChI=1S/C11H14N2S/c1-13-9(7-12)5-8-3-4-10(14-2)6-11(8)13/h3-6H,7,12H2,1-2H3. The summed E-state index contributed by atoms with van der Waals surface area (Å²) < 4.78 is 2.16. The molecule has 0 saturated carbocycles. The van der Waals surface area contributed by atoms with Crippen molar-refractivity contribution in [1.82, 2.24) is 4.57 Å². The van der Waals surface area contributed by atoms with Crippen molar-refractivity contribution < 1.29 is 0 Å². The number of benzene rings is 1. The molecule has 1 aromatic heterocycles. The lowest BCUT2D eigenvalue weighted by Gasteiger charge is -2.01. The van der Waals surface area contributed by atoms with Crippen molar-refractivity contribution in [2.75, 3.05) is 6.26 Å². The van der Waals surface area contributed by atoms with Gasteiger partial charge in [-0.2, -0.15) is 0 Å². The zero-order valence-electron chi connectivity index (χ0n) is 8.45. The van der Waals surface area contributed by atoms with Gasteiger partial charge in [-0.15, -0.1) is 11.8 Å². The molecule has 74 valence electrons. The molecule has 0 saturated heterocycles. The third-order valence-electron chi connectivity index (χ3n) is 2.56. The molecule has 2 aromatic rings. The van der Waals surface area contributed by atoms with Crippen LogP contribution >= 0.6 is 11.8 Å². The van der Waals surface area contributed by atoms with Gasteiger partial charge in [0.1, 0.15) is 0 Å². The van der Waals surface area contributed by atoms with Gasteiger partial charge in [0.25, 0.3) is 0 Å². The number of rotatable bonds is 2. The summed E-state index contributed by atoms with van der Waals surface area (Å²) in [5, 5.41) is 1.27. The lowest BCUT2D eigenvalue weighted by atomic mass is 10.2. The first kappa shape index (κ1) is 9.62. The number of aromatic nitrogens is 1. The van der Waals surface area contributed by atoms with Crippen LogP contribution in [0.15, 0.2) is 29.2 Å². The predicted molar refractivity (Wildman–Crippen MR) is 62.6 cm³/mol. The summed E-state index contributed by atoms with van der Waals surface area (Å²) in [5.74, 6) is 0. The van der Waals surface area contributed by atoms with Crippen molar-refractivity contribution in [2.24, 2.45) is 12.8 Å². The molecule has 2 nitrogen and oxygen atoms in total. The molecule has 1 heterocycles. The predicted octanol–water partition coefficient (Wildman–Crippen LogP) is 2.36. The van der Waals surface area contributed by atoms with Crippen LogP contribution in [0.5, 0.6) is 0 Å². The molecule has 0 unspecified atom stereocenters. The van der Waals surface area contributed by atoms with Gasteiger partial charge in [0.15, 0.2) is 0 Å². The molecule has 2 rings (SSSR count). The molecule has 0 spiro atoms. The zero-order chi connectivity index (χ0) is 10.1. The van der Waals surface area contributed by atoms with Gasteiger partial charge in [0.05, 0.1) is 0 Å². The number of aryl methyl sites for hydroxylation is 1. The van der Waals surface area contributed by atoms with E-state index in [1.165, 1.54) is 21.5 Å². The molecule has 14 heavy (non-hydrogen) atoms. The van der Waals surface area contributed by atoms with Gasteiger partial charge in [-0.1, -0.05) is 6.07 Å². The van der Waals surface area contributed by atoms with Crippen LogP contribution in [0.2, 0.25) is 0 Å². The first-order valence-corrected chi connectivity index (χ1v) is 5.81. The van der Waals surface area contributed by atoms with Gasteiger partial charge in [0.2, 0.25) is 0 Å². The monoisotopic (exact) mass is 206 g/mol. The average Bonchev–Trinajstić information content (AvgIpc) is 2.55. The molecule has 2 N–H and O–H groups in total. The smallest absolute Gasteiger partial charge is 0.0491 e. The molecular weight excluding hydrogens is 192 g/mol. The van der Waals surface area contributed by atoms with E-state index in [1.54, 1.807) is 11.8 Å². The highest BCUT2D eigenvalue weighted by molar-refractivity contribution is 7.98. The quantitative estimate of drug-likeness (QED) is 0.765. The molecule has 0 aliphatic carbocycles. The van der Waals surface area contributed by atoms with Gasteiger partial charge in [-0.3, -0.25) is 0 Å². The summed E-state index contributed by atoms with van der Waals surface area (Å²) in [6.07, 6.45) is 2.09. The number of fused-ring (bicyclic) bond motifs is 1. The van der Waals surface area contributed by atoms with Crippen molar-refractivity contribution >= 4 is 22.7 Å². The topological polar surface area (TPSA) is 30.9 Å². The molecule has 3 heteroatoms. The second-order valence-corrected chi connectivity index (χ2v) is 4.20. The molecular formula is C11H14N2S. The fourth-order valence-electron chi connectivity index (χ4n) is 1.69. The van der Waals surface area contributed by atoms with Crippen molar-refractivity contribution in [1.29, 1.82) is 0 Å². The van der Waals surface area contributed by atoms with E-state index < -0.39 is 0 Å². The maximum Gasteiger partial charge on any atom is 0.0491 e. The van der Waals surface area contributed by atoms with Gasteiger partial charge < -0.3 is 10.3 Å². The first-order valence-electron chi connectivity index (χ1n) is 4.58. The summed E-state index contributed by atoms with van der Waals surface area (Å²) in [6.45, 7) is 0.597. The number of thioether (sulfide) groups is 1. The van der Waals surface area contributed by atoms with Crippen molar-refractivity contribution in [3.05, 3.63) is 30.0 Å². The minimum absolute atomic E-state index is 0.597. The first-order chi connectivity index (χ1) is 6.76. The van der Waals surface area contributed by atoms with E-state index in [9.17, 15) is 0 Å². The number of hydrogen-bond acceptors (Lipinski definition) is 2. The number of nitrogens with zero attached hydrogens (tertiary/aromatic N) is 1. The van der Waals surface area contributed by atoms with Gasteiger partial charge in [0, 0.05) is 29.7 Å². The lowest BCUT2D eigenvalue weighted by molar-refractivity contribution is 0.848. The summed E-state index contributed by atoms with van der Waals surface area (Å²) in [4.78, 5) is 1.29. The van der Waals surface area contributed by atoms with E-state index in [2.05, 4.69) is 42.1 Å². The van der Waals surface area contributed by atoms with Crippen molar-refractivity contribution in [3.63, 3.8) is 0 Å². The van der Waals surface area contributed by atoms with Crippen LogP contribution in [0.4, 0.5) is 0 Å².